The van der Waals surface area contributed by atoms with E-state index in [1.54, 1.807) is 0 Å². The number of unbranched alkanes of at least 4 members (excludes halogenated alkanes) is 7. The second-order valence-electron chi connectivity index (χ2n) is 8.38. The molecule has 3 aromatic rings. The normalized spacial score (nSPS) is 10.4. The van der Waals surface area contributed by atoms with Crippen molar-refractivity contribution in [3.8, 4) is 17.6 Å². The first-order valence-electron chi connectivity index (χ1n) is 12.4. The third-order valence-electron chi connectivity index (χ3n) is 5.55. The number of hydrogen-bond donors (Lipinski definition) is 0. The zero-order valence-electron chi connectivity index (χ0n) is 20.1. The first kappa shape index (κ1) is 25.8. The average Bonchev–Trinajstić information content (AvgIpc) is 2.88. The predicted octanol–water partition coefficient (Wildman–Crippen LogP) is 6.78. The molecular formula is C31H34O2Se. The first-order valence-corrected chi connectivity index (χ1v) is 14.1. The summed E-state index contributed by atoms with van der Waals surface area (Å²) in [7, 11) is 0. The van der Waals surface area contributed by atoms with Crippen molar-refractivity contribution in [2.45, 2.75) is 58.3 Å². The maximum absolute atomic E-state index is 12.5. The van der Waals surface area contributed by atoms with Crippen LogP contribution in [-0.4, -0.2) is 26.2 Å². The van der Waals surface area contributed by atoms with Gasteiger partial charge in [-0.25, -0.2) is 0 Å². The van der Waals surface area contributed by atoms with Crippen LogP contribution in [-0.2, 0) is 0 Å². The maximum atomic E-state index is 12.5. The van der Waals surface area contributed by atoms with E-state index in [9.17, 15) is 4.79 Å². The molecule has 0 saturated carbocycles. The molecule has 0 spiro atoms. The Balaban J connectivity index is 1.39. The number of hydrogen-bond acceptors (Lipinski definition) is 2. The molecule has 0 unspecified atom stereocenters. The quantitative estimate of drug-likeness (QED) is 0.142. The Kier molecular flexibility index (Phi) is 11.5. The number of benzene rings is 3. The molecule has 0 aliphatic carbocycles. The van der Waals surface area contributed by atoms with E-state index in [1.165, 1.54) is 44.9 Å². The summed E-state index contributed by atoms with van der Waals surface area (Å²) >= 11 is -0.202. The van der Waals surface area contributed by atoms with Gasteiger partial charge in [-0.05, 0) is 6.42 Å². The van der Waals surface area contributed by atoms with Gasteiger partial charge in [0.1, 0.15) is 0 Å². The molecule has 0 aliphatic rings. The second-order valence-corrected chi connectivity index (χ2v) is 10.6. The minimum absolute atomic E-state index is 0.181. The topological polar surface area (TPSA) is 26.3 Å². The van der Waals surface area contributed by atoms with Crippen LogP contribution in [0.5, 0.6) is 5.75 Å². The van der Waals surface area contributed by atoms with Crippen molar-refractivity contribution in [2.75, 3.05) is 6.61 Å². The molecule has 3 rings (SSSR count). The Bertz CT molecular complexity index is 1040. The molecule has 0 heterocycles. The van der Waals surface area contributed by atoms with E-state index in [0.29, 0.717) is 0 Å². The van der Waals surface area contributed by atoms with E-state index in [4.69, 9.17) is 4.74 Å². The molecule has 0 aliphatic heterocycles. The van der Waals surface area contributed by atoms with E-state index >= 15 is 0 Å². The first-order chi connectivity index (χ1) is 16.7. The van der Waals surface area contributed by atoms with Crippen molar-refractivity contribution in [3.05, 3.63) is 95.6 Å². The van der Waals surface area contributed by atoms with Crippen LogP contribution in [0.15, 0.2) is 78.9 Å². The summed E-state index contributed by atoms with van der Waals surface area (Å²) in [6.45, 7) is 3.03. The van der Waals surface area contributed by atoms with Gasteiger partial charge in [0.05, 0.1) is 6.61 Å². The summed E-state index contributed by atoms with van der Waals surface area (Å²) in [6.07, 6.45) is 10.4. The van der Waals surface area contributed by atoms with E-state index in [-0.39, 0.29) is 19.6 Å². The van der Waals surface area contributed by atoms with Gasteiger partial charge in [0.2, 0.25) is 0 Å². The van der Waals surface area contributed by atoms with Gasteiger partial charge in [-0.1, -0.05) is 51.9 Å². The molecule has 0 radical (unpaired) electrons. The van der Waals surface area contributed by atoms with Crippen molar-refractivity contribution in [1.82, 2.24) is 0 Å². The number of rotatable bonds is 13. The van der Waals surface area contributed by atoms with Gasteiger partial charge in [-0.2, -0.15) is 0 Å². The number of carbonyl (C=O) groups excluding carboxylic acids is 1. The third kappa shape index (κ3) is 9.60. The molecule has 3 aromatic carbocycles. The van der Waals surface area contributed by atoms with Crippen LogP contribution in [0, 0.1) is 11.8 Å². The summed E-state index contributed by atoms with van der Waals surface area (Å²) in [4.78, 5) is 12.5. The van der Waals surface area contributed by atoms with Gasteiger partial charge >= 0.3 is 147 Å². The fourth-order valence-electron chi connectivity index (χ4n) is 3.55. The Morgan fingerprint density at radius 1 is 0.706 bits per heavy atom. The van der Waals surface area contributed by atoms with Crippen molar-refractivity contribution < 1.29 is 9.53 Å². The van der Waals surface area contributed by atoms with Crippen LogP contribution >= 0.6 is 0 Å². The molecule has 176 valence electrons. The monoisotopic (exact) mass is 518 g/mol. The molecule has 0 amide bonds. The molecule has 0 bridgehead atoms. The van der Waals surface area contributed by atoms with Crippen molar-refractivity contribution in [2.24, 2.45) is 0 Å². The number of carbonyl (C=O) groups is 1. The Hall–Kier alpha value is -2.79. The predicted molar refractivity (Wildman–Crippen MR) is 143 cm³/mol. The average molecular weight is 518 g/mol. The number of ether oxygens (including phenoxy) is 1. The third-order valence-corrected chi connectivity index (χ3v) is 7.50. The van der Waals surface area contributed by atoms with Crippen molar-refractivity contribution >= 4 is 24.1 Å². The van der Waals surface area contributed by atoms with E-state index < -0.39 is 0 Å². The van der Waals surface area contributed by atoms with Gasteiger partial charge in [-0.15, -0.1) is 0 Å². The van der Waals surface area contributed by atoms with Gasteiger partial charge in [0, 0.05) is 0 Å². The molecule has 3 heteroatoms. The Morgan fingerprint density at radius 3 is 1.88 bits per heavy atom. The zero-order valence-corrected chi connectivity index (χ0v) is 21.8. The van der Waals surface area contributed by atoms with Gasteiger partial charge in [-0.3, -0.25) is 0 Å². The molecule has 0 aromatic heterocycles. The molecular weight excluding hydrogens is 483 g/mol. The van der Waals surface area contributed by atoms with E-state index in [1.807, 2.05) is 78.9 Å². The fourth-order valence-corrected chi connectivity index (χ4v) is 5.15. The van der Waals surface area contributed by atoms with Crippen LogP contribution in [0.25, 0.3) is 0 Å². The summed E-state index contributed by atoms with van der Waals surface area (Å²) < 4.78 is 7.14. The standard InChI is InChI=1S/C31H34O2Se/c1-2-3-4-5-6-7-8-12-25-33-29-23-19-27(20-24-29)16-15-26-17-21-28(22-18-26)31(32)34-30-13-10-9-11-14-30/h9-11,13-14,17-24H,2-8,12,25H2,1H3. The fraction of sp³-hybridized carbons (Fsp3) is 0.323. The van der Waals surface area contributed by atoms with Crippen molar-refractivity contribution in [3.63, 3.8) is 0 Å². The van der Waals surface area contributed by atoms with Gasteiger partial charge in [0.25, 0.3) is 0 Å². The van der Waals surface area contributed by atoms with Gasteiger partial charge < -0.3 is 0 Å². The molecule has 0 saturated heterocycles. The van der Waals surface area contributed by atoms with Gasteiger partial charge in [0.15, 0.2) is 0 Å². The summed E-state index contributed by atoms with van der Waals surface area (Å²) in [5.41, 5.74) is 2.60. The Labute approximate surface area is 211 Å². The van der Waals surface area contributed by atoms with Crippen LogP contribution in [0.4, 0.5) is 0 Å². The minimum atomic E-state index is -0.202. The molecule has 0 N–H and O–H groups in total. The Morgan fingerprint density at radius 2 is 1.26 bits per heavy atom. The van der Waals surface area contributed by atoms with E-state index in [2.05, 4.69) is 18.8 Å². The zero-order chi connectivity index (χ0) is 23.8. The summed E-state index contributed by atoms with van der Waals surface area (Å²) in [5.74, 6) is 7.28. The molecule has 2 nitrogen and oxygen atoms in total. The molecule has 34 heavy (non-hydrogen) atoms. The summed E-state index contributed by atoms with van der Waals surface area (Å²) in [6, 6.07) is 25.5. The van der Waals surface area contributed by atoms with Crippen LogP contribution < -0.4 is 9.20 Å². The molecule has 0 fully saturated rings. The van der Waals surface area contributed by atoms with Crippen LogP contribution in [0.3, 0.4) is 0 Å². The molecule has 0 atom stereocenters. The van der Waals surface area contributed by atoms with Crippen LogP contribution in [0.1, 0.15) is 79.8 Å². The second kappa shape index (κ2) is 15.2. The summed E-state index contributed by atoms with van der Waals surface area (Å²) in [5, 5.41) is 0. The SMILES string of the molecule is CCCCCCCCCCOc1ccc(C#Cc2ccc(C(=O)[Se]c3ccccc3)cc2)cc1. The van der Waals surface area contributed by atoms with E-state index in [0.717, 1.165) is 39.9 Å². The van der Waals surface area contributed by atoms with Crippen LogP contribution in [0.2, 0.25) is 0 Å². The van der Waals surface area contributed by atoms with Crippen molar-refractivity contribution in [1.29, 1.82) is 0 Å².